The van der Waals surface area contributed by atoms with E-state index in [2.05, 4.69) is 0 Å². The number of hydrogen-bond acceptors (Lipinski definition) is 15. The van der Waals surface area contributed by atoms with Gasteiger partial charge in [0.05, 0.1) is 13.2 Å². The molecule has 15 nitrogen and oxygen atoms in total. The highest BCUT2D eigenvalue weighted by Crippen LogP contribution is 2.36. The molecular weight excluding hydrogens is 552 g/mol. The first-order valence-corrected chi connectivity index (χ1v) is 12.4. The van der Waals surface area contributed by atoms with Gasteiger partial charge >= 0.3 is 0 Å². The quantitative estimate of drug-likeness (QED) is 0.146. The zero-order chi connectivity index (χ0) is 29.6. The van der Waals surface area contributed by atoms with Gasteiger partial charge in [0.15, 0.2) is 29.3 Å². The Morgan fingerprint density at radius 2 is 1.59 bits per heavy atom. The van der Waals surface area contributed by atoms with Crippen molar-refractivity contribution in [2.45, 2.75) is 55.3 Å². The normalized spacial score (nSPS) is 32.2. The number of aromatic hydroxyl groups is 3. The maximum atomic E-state index is 12.8. The van der Waals surface area contributed by atoms with Gasteiger partial charge in [-0.05, 0) is 18.2 Å². The zero-order valence-electron chi connectivity index (χ0n) is 21.0. The molecule has 0 aliphatic carbocycles. The Hall–Kier alpha value is -3.51. The molecule has 0 spiro atoms. The predicted molar refractivity (Wildman–Crippen MR) is 134 cm³/mol. The first kappa shape index (κ1) is 29.0. The lowest BCUT2D eigenvalue weighted by Gasteiger charge is -2.44. The minimum atomic E-state index is -1.77. The van der Waals surface area contributed by atoms with Crippen molar-refractivity contribution in [3.05, 3.63) is 46.6 Å². The standard InChI is InChI=1S/C26H28O15/c27-7-18-21(34)22(35)24(41-25-23(36)20(33)15(32)8-37-25)26(40-18)38-10-4-13(30)19-14(31)6-16(39-17(19)5-10)9-1-2-11(28)12(29)3-9/h1-6,15,18,20-30,32-36H,7-8H2/t15-,18-,20+,21-,22+,23-,24-,25+,26-/m1/s1. The van der Waals surface area contributed by atoms with E-state index in [-0.39, 0.29) is 33.8 Å². The van der Waals surface area contributed by atoms with Crippen LogP contribution in [0.2, 0.25) is 0 Å². The van der Waals surface area contributed by atoms with E-state index in [0.717, 1.165) is 18.2 Å². The number of benzene rings is 2. The van der Waals surface area contributed by atoms with Crippen LogP contribution >= 0.6 is 0 Å². The highest BCUT2D eigenvalue weighted by atomic mass is 16.8. The summed E-state index contributed by atoms with van der Waals surface area (Å²) >= 11 is 0. The van der Waals surface area contributed by atoms with E-state index in [9.17, 15) is 50.8 Å². The van der Waals surface area contributed by atoms with Gasteiger partial charge in [0.25, 0.3) is 0 Å². The van der Waals surface area contributed by atoms with Crippen molar-refractivity contribution in [3.8, 4) is 34.3 Å². The summed E-state index contributed by atoms with van der Waals surface area (Å²) in [5.74, 6) is -1.60. The van der Waals surface area contributed by atoms with E-state index in [1.165, 1.54) is 18.2 Å². The molecule has 0 saturated carbocycles. The van der Waals surface area contributed by atoms with E-state index in [0.29, 0.717) is 0 Å². The van der Waals surface area contributed by atoms with Gasteiger partial charge in [0, 0.05) is 23.8 Å². The SMILES string of the molecule is O=c1cc(-c2ccc(O)c(O)c2)oc2cc(O[C@@H]3O[C@H](CO)[C@@H](O)[C@H](O)[C@H]3O[C@@H]3OC[C@@H](O)[C@H](O)[C@H]3O)cc(O)c12. The molecule has 0 unspecified atom stereocenters. The van der Waals surface area contributed by atoms with Crippen molar-refractivity contribution in [2.24, 2.45) is 0 Å². The van der Waals surface area contributed by atoms with Crippen molar-refractivity contribution in [1.82, 2.24) is 0 Å². The lowest BCUT2D eigenvalue weighted by molar-refractivity contribution is -0.344. The molecule has 2 saturated heterocycles. The fourth-order valence-corrected chi connectivity index (χ4v) is 4.61. The van der Waals surface area contributed by atoms with Gasteiger partial charge in [-0.2, -0.15) is 0 Å². The summed E-state index contributed by atoms with van der Waals surface area (Å²) in [6.45, 7) is -1.16. The van der Waals surface area contributed by atoms with Crippen molar-refractivity contribution < 1.29 is 69.3 Å². The number of phenolic OH excluding ortho intramolecular Hbond substituents is 3. The van der Waals surface area contributed by atoms with Crippen LogP contribution in [0.15, 0.2) is 45.6 Å². The summed E-state index contributed by atoms with van der Waals surface area (Å²) in [7, 11) is 0. The number of fused-ring (bicyclic) bond motifs is 1. The summed E-state index contributed by atoms with van der Waals surface area (Å²) in [6.07, 6.45) is -14.4. The molecule has 9 atom stereocenters. The molecule has 0 radical (unpaired) electrons. The molecule has 2 aromatic carbocycles. The van der Waals surface area contributed by atoms with Crippen molar-refractivity contribution in [1.29, 1.82) is 0 Å². The molecule has 0 amide bonds. The van der Waals surface area contributed by atoms with Crippen LogP contribution < -0.4 is 10.2 Å². The monoisotopic (exact) mass is 580 g/mol. The van der Waals surface area contributed by atoms with Crippen LogP contribution in [0.5, 0.6) is 23.0 Å². The number of aliphatic hydroxyl groups is 6. The van der Waals surface area contributed by atoms with Gasteiger partial charge in [-0.15, -0.1) is 0 Å². The molecule has 3 aromatic rings. The molecule has 1 aromatic heterocycles. The Labute approximate surface area is 230 Å². The molecule has 2 aliphatic heterocycles. The molecular formula is C26H28O15. The van der Waals surface area contributed by atoms with E-state index < -0.39 is 85.4 Å². The number of phenols is 3. The highest BCUT2D eigenvalue weighted by Gasteiger charge is 2.50. The smallest absolute Gasteiger partial charge is 0.229 e. The summed E-state index contributed by atoms with van der Waals surface area (Å²) < 4.78 is 27.9. The molecule has 5 rings (SSSR count). The third kappa shape index (κ3) is 5.54. The second-order valence-corrected chi connectivity index (χ2v) is 9.67. The Balaban J connectivity index is 1.48. The summed E-state index contributed by atoms with van der Waals surface area (Å²) in [6, 6.07) is 7.07. The average molecular weight is 580 g/mol. The maximum absolute atomic E-state index is 12.8. The Morgan fingerprint density at radius 3 is 2.29 bits per heavy atom. The maximum Gasteiger partial charge on any atom is 0.229 e. The van der Waals surface area contributed by atoms with Gasteiger partial charge in [-0.25, -0.2) is 0 Å². The fraction of sp³-hybridized carbons (Fsp3) is 0.423. The van der Waals surface area contributed by atoms with E-state index in [1.807, 2.05) is 0 Å². The molecule has 41 heavy (non-hydrogen) atoms. The van der Waals surface area contributed by atoms with E-state index in [1.54, 1.807) is 0 Å². The van der Waals surface area contributed by atoms with Crippen molar-refractivity contribution in [3.63, 3.8) is 0 Å². The van der Waals surface area contributed by atoms with Gasteiger partial charge in [-0.1, -0.05) is 0 Å². The number of ether oxygens (including phenoxy) is 4. The molecule has 0 bridgehead atoms. The lowest BCUT2D eigenvalue weighted by atomic mass is 9.98. The molecule has 3 heterocycles. The van der Waals surface area contributed by atoms with Crippen LogP contribution in [0.25, 0.3) is 22.3 Å². The second-order valence-electron chi connectivity index (χ2n) is 9.67. The van der Waals surface area contributed by atoms with Gasteiger partial charge in [0.1, 0.15) is 64.9 Å². The van der Waals surface area contributed by atoms with Crippen molar-refractivity contribution >= 4 is 11.0 Å². The van der Waals surface area contributed by atoms with Gasteiger partial charge in [0.2, 0.25) is 6.29 Å². The minimum Gasteiger partial charge on any atom is -0.507 e. The van der Waals surface area contributed by atoms with Crippen LogP contribution in [0.1, 0.15) is 0 Å². The first-order chi connectivity index (χ1) is 19.5. The third-order valence-corrected chi connectivity index (χ3v) is 6.87. The van der Waals surface area contributed by atoms with Gasteiger partial charge < -0.3 is 69.3 Å². The lowest BCUT2D eigenvalue weighted by Crippen LogP contribution is -2.63. The Morgan fingerprint density at radius 1 is 0.829 bits per heavy atom. The second kappa shape index (κ2) is 11.4. The molecule has 2 aliphatic rings. The molecule has 222 valence electrons. The van der Waals surface area contributed by atoms with Gasteiger partial charge in [-0.3, -0.25) is 4.79 Å². The van der Waals surface area contributed by atoms with Crippen LogP contribution in [0.4, 0.5) is 0 Å². The minimum absolute atomic E-state index is 0.0208. The first-order valence-electron chi connectivity index (χ1n) is 12.4. The van der Waals surface area contributed by atoms with Crippen LogP contribution in [-0.2, 0) is 14.2 Å². The number of hydrogen-bond donors (Lipinski definition) is 9. The zero-order valence-corrected chi connectivity index (χ0v) is 21.0. The summed E-state index contributed by atoms with van der Waals surface area (Å²) in [4.78, 5) is 12.8. The summed E-state index contributed by atoms with van der Waals surface area (Å²) in [5, 5.41) is 90.5. The van der Waals surface area contributed by atoms with Crippen LogP contribution in [0.3, 0.4) is 0 Å². The molecule has 2 fully saturated rings. The molecule has 15 heteroatoms. The number of rotatable bonds is 6. The third-order valence-electron chi connectivity index (χ3n) is 6.87. The summed E-state index contributed by atoms with van der Waals surface area (Å²) in [5.41, 5.74) is -0.572. The average Bonchev–Trinajstić information content (AvgIpc) is 2.93. The Kier molecular flexibility index (Phi) is 8.06. The fourth-order valence-electron chi connectivity index (χ4n) is 4.61. The van der Waals surface area contributed by atoms with Crippen molar-refractivity contribution in [2.75, 3.05) is 13.2 Å². The van der Waals surface area contributed by atoms with E-state index >= 15 is 0 Å². The topological polar surface area (TPSA) is 249 Å². The van der Waals surface area contributed by atoms with Crippen LogP contribution in [0, 0.1) is 0 Å². The van der Waals surface area contributed by atoms with Crippen LogP contribution in [-0.4, -0.2) is 114 Å². The Bertz CT molecular complexity index is 1460. The number of aliphatic hydroxyl groups excluding tert-OH is 6. The van der Waals surface area contributed by atoms with E-state index in [4.69, 9.17) is 23.4 Å². The highest BCUT2D eigenvalue weighted by molar-refractivity contribution is 5.86. The molecule has 9 N–H and O–H groups in total. The largest absolute Gasteiger partial charge is 0.507 e. The predicted octanol–water partition coefficient (Wildman–Crippen LogP) is -1.78.